The van der Waals surface area contributed by atoms with Crippen molar-refractivity contribution in [3.8, 4) is 0 Å². The molecule has 7 rings (SSSR count). The summed E-state index contributed by atoms with van der Waals surface area (Å²) in [6, 6.07) is 0.572. The number of nitrogens with one attached hydrogen (secondary N) is 1. The summed E-state index contributed by atoms with van der Waals surface area (Å²) in [5, 5.41) is 14.2. The third kappa shape index (κ3) is 2.49. The maximum atomic E-state index is 10.3. The third-order valence-corrected chi connectivity index (χ3v) is 12.8. The fraction of sp³-hybridized carbons (Fsp3) is 0.931. The summed E-state index contributed by atoms with van der Waals surface area (Å²) in [5.74, 6) is 3.99. The summed E-state index contributed by atoms with van der Waals surface area (Å²) in [6.45, 7) is 11.3. The van der Waals surface area contributed by atoms with Crippen LogP contribution in [0.1, 0.15) is 91.9 Å². The van der Waals surface area contributed by atoms with Crippen molar-refractivity contribution in [2.45, 2.75) is 116 Å². The molecule has 12 atom stereocenters. The fourth-order valence-corrected chi connectivity index (χ4v) is 11.0. The molecular weight excluding hydrogens is 394 g/mol. The van der Waals surface area contributed by atoms with Crippen molar-refractivity contribution in [1.82, 2.24) is 5.32 Å². The molecule has 0 aromatic carbocycles. The quantitative estimate of drug-likeness (QED) is 0.492. The zero-order valence-corrected chi connectivity index (χ0v) is 20.8. The highest BCUT2D eigenvalue weighted by atomic mass is 16.5. The van der Waals surface area contributed by atoms with Crippen LogP contribution in [0.4, 0.5) is 0 Å². The molecule has 2 heterocycles. The largest absolute Gasteiger partial charge is 0.393 e. The summed E-state index contributed by atoms with van der Waals surface area (Å²) < 4.78 is 7.13. The molecule has 0 amide bonds. The number of hydrogen-bond acceptors (Lipinski definition) is 3. The summed E-state index contributed by atoms with van der Waals surface area (Å²) in [7, 11) is 0. The Kier molecular flexibility index (Phi) is 4.21. The molecule has 2 spiro atoms. The van der Waals surface area contributed by atoms with Crippen molar-refractivity contribution >= 4 is 0 Å². The molecule has 7 aliphatic rings. The van der Waals surface area contributed by atoms with Crippen molar-refractivity contribution in [1.29, 1.82) is 0 Å². The first-order valence-corrected chi connectivity index (χ1v) is 14.0. The second-order valence-corrected chi connectivity index (χ2v) is 14.3. The molecule has 5 aliphatic carbocycles. The van der Waals surface area contributed by atoms with Gasteiger partial charge in [-0.15, -0.1) is 0 Å². The molecule has 3 unspecified atom stereocenters. The summed E-state index contributed by atoms with van der Waals surface area (Å²) in [5.41, 5.74) is 3.13. The minimum absolute atomic E-state index is 0.0946. The first-order valence-electron chi connectivity index (χ1n) is 14.0. The van der Waals surface area contributed by atoms with Crippen LogP contribution < -0.4 is 5.32 Å². The standard InChI is InChI=1S/C29H45NO2/c1-17-11-24-25(30-14-17)18(2)29(32-24)10-8-22-21-6-5-19-12-20(31)7-9-27(19,4)23(21)13-28(22)15-26(28,3)16-29/h5,17-18,20-25,30-31H,6-16H2,1-4H3/t17-,18+,20-,21?,22-,23-,24+,25-,26?,27-,28?,29-/m0/s1. The molecular formula is C29H45NO2. The van der Waals surface area contributed by atoms with E-state index in [1.54, 1.807) is 5.57 Å². The second-order valence-electron chi connectivity index (χ2n) is 14.3. The van der Waals surface area contributed by atoms with Crippen molar-refractivity contribution in [3.63, 3.8) is 0 Å². The van der Waals surface area contributed by atoms with E-state index in [1.165, 1.54) is 57.9 Å². The van der Waals surface area contributed by atoms with Crippen LogP contribution in [0.5, 0.6) is 0 Å². The second kappa shape index (κ2) is 6.43. The van der Waals surface area contributed by atoms with Gasteiger partial charge in [-0.3, -0.25) is 0 Å². The van der Waals surface area contributed by atoms with Gasteiger partial charge in [0.2, 0.25) is 0 Å². The number of fused-ring (bicyclic) bond motifs is 5. The Hall–Kier alpha value is -0.380. The molecule has 2 N–H and O–H groups in total. The van der Waals surface area contributed by atoms with E-state index in [2.05, 4.69) is 39.1 Å². The van der Waals surface area contributed by atoms with E-state index in [0.717, 1.165) is 36.5 Å². The van der Waals surface area contributed by atoms with Gasteiger partial charge >= 0.3 is 0 Å². The highest BCUT2D eigenvalue weighted by molar-refractivity contribution is 5.32. The maximum Gasteiger partial charge on any atom is 0.0742 e. The van der Waals surface area contributed by atoms with Gasteiger partial charge in [0.05, 0.1) is 17.8 Å². The van der Waals surface area contributed by atoms with Crippen LogP contribution in [0, 0.1) is 45.8 Å². The van der Waals surface area contributed by atoms with Gasteiger partial charge in [0.25, 0.3) is 0 Å². The third-order valence-electron chi connectivity index (χ3n) is 12.8. The van der Waals surface area contributed by atoms with Crippen LogP contribution in [0.3, 0.4) is 0 Å². The zero-order valence-electron chi connectivity index (χ0n) is 20.8. The Morgan fingerprint density at radius 2 is 1.94 bits per heavy atom. The Labute approximate surface area is 195 Å². The lowest BCUT2D eigenvalue weighted by atomic mass is 9.56. The summed E-state index contributed by atoms with van der Waals surface area (Å²) in [4.78, 5) is 0. The summed E-state index contributed by atoms with van der Waals surface area (Å²) in [6.07, 6.45) is 15.5. The highest BCUT2D eigenvalue weighted by Gasteiger charge is 2.77. The van der Waals surface area contributed by atoms with E-state index in [0.29, 0.717) is 34.3 Å². The lowest BCUT2D eigenvalue weighted by Crippen LogP contribution is -2.49. The summed E-state index contributed by atoms with van der Waals surface area (Å²) >= 11 is 0. The minimum atomic E-state index is -0.0946. The van der Waals surface area contributed by atoms with Gasteiger partial charge in [-0.25, -0.2) is 0 Å². The molecule has 3 heteroatoms. The van der Waals surface area contributed by atoms with Gasteiger partial charge in [-0.05, 0) is 111 Å². The molecule has 0 bridgehead atoms. The van der Waals surface area contributed by atoms with Crippen molar-refractivity contribution in [2.24, 2.45) is 45.8 Å². The molecule has 2 saturated heterocycles. The SMILES string of the molecule is C[C@@H]1CN[C@H]2[C@@H](C)[C@@]3(CC[C@H]4C5CC=C6C[C@@H](O)CC[C@]6(C)[C@H]5CC45CC5(C)C3)O[C@@H]2C1. The lowest BCUT2D eigenvalue weighted by molar-refractivity contribution is -0.0855. The first kappa shape index (κ1) is 20.9. The predicted molar refractivity (Wildman–Crippen MR) is 127 cm³/mol. The van der Waals surface area contributed by atoms with Crippen LogP contribution in [0.2, 0.25) is 0 Å². The molecule has 4 saturated carbocycles. The van der Waals surface area contributed by atoms with Crippen LogP contribution in [-0.2, 0) is 4.74 Å². The predicted octanol–water partition coefficient (Wildman–Crippen LogP) is 5.47. The van der Waals surface area contributed by atoms with Crippen molar-refractivity contribution < 1.29 is 9.84 Å². The van der Waals surface area contributed by atoms with Gasteiger partial charge in [0.15, 0.2) is 0 Å². The van der Waals surface area contributed by atoms with E-state index in [9.17, 15) is 5.11 Å². The number of rotatable bonds is 0. The normalized spacial score (nSPS) is 62.8. The van der Waals surface area contributed by atoms with Gasteiger partial charge in [0.1, 0.15) is 0 Å². The highest BCUT2D eigenvalue weighted by Crippen LogP contribution is 2.83. The average molecular weight is 440 g/mol. The van der Waals surface area contributed by atoms with E-state index in [1.807, 2.05) is 0 Å². The van der Waals surface area contributed by atoms with E-state index in [4.69, 9.17) is 4.74 Å². The van der Waals surface area contributed by atoms with Gasteiger partial charge in [0, 0.05) is 12.0 Å². The van der Waals surface area contributed by atoms with Crippen LogP contribution in [0.15, 0.2) is 11.6 Å². The number of aliphatic hydroxyl groups excluding tert-OH is 1. The maximum absolute atomic E-state index is 10.3. The average Bonchev–Trinajstić information content (AvgIpc) is 3.06. The van der Waals surface area contributed by atoms with Crippen molar-refractivity contribution in [3.05, 3.63) is 11.6 Å². The zero-order chi connectivity index (χ0) is 22.1. The number of ether oxygens (including phenoxy) is 1. The van der Waals surface area contributed by atoms with E-state index in [-0.39, 0.29) is 11.7 Å². The van der Waals surface area contributed by atoms with Crippen molar-refractivity contribution in [2.75, 3.05) is 6.54 Å². The molecule has 178 valence electrons. The molecule has 0 radical (unpaired) electrons. The van der Waals surface area contributed by atoms with Gasteiger partial charge in [-0.2, -0.15) is 0 Å². The molecule has 0 aromatic heterocycles. The molecule has 3 nitrogen and oxygen atoms in total. The number of aliphatic hydroxyl groups is 1. The lowest BCUT2D eigenvalue weighted by Gasteiger charge is -2.49. The first-order chi connectivity index (χ1) is 15.2. The molecule has 2 aliphatic heterocycles. The number of piperidine rings is 1. The van der Waals surface area contributed by atoms with E-state index >= 15 is 0 Å². The number of hydrogen-bond donors (Lipinski definition) is 2. The smallest absolute Gasteiger partial charge is 0.0742 e. The number of allylic oxidation sites excluding steroid dienone is 1. The molecule has 32 heavy (non-hydrogen) atoms. The van der Waals surface area contributed by atoms with Crippen LogP contribution in [0.25, 0.3) is 0 Å². The fourth-order valence-electron chi connectivity index (χ4n) is 11.0. The Bertz CT molecular complexity index is 854. The Balaban J connectivity index is 1.19. The minimum Gasteiger partial charge on any atom is -0.393 e. The molecule has 0 aromatic rings. The molecule has 6 fully saturated rings. The Morgan fingerprint density at radius 3 is 2.78 bits per heavy atom. The van der Waals surface area contributed by atoms with E-state index < -0.39 is 0 Å². The monoisotopic (exact) mass is 439 g/mol. The van der Waals surface area contributed by atoms with Crippen LogP contribution >= 0.6 is 0 Å². The topological polar surface area (TPSA) is 41.5 Å². The van der Waals surface area contributed by atoms with Gasteiger partial charge in [-0.1, -0.05) is 39.3 Å². The van der Waals surface area contributed by atoms with Crippen LogP contribution in [-0.4, -0.2) is 35.5 Å². The van der Waals surface area contributed by atoms with Gasteiger partial charge < -0.3 is 15.2 Å². The Morgan fingerprint density at radius 1 is 1.09 bits per heavy atom.